The van der Waals surface area contributed by atoms with Crippen molar-refractivity contribution in [1.82, 2.24) is 25.4 Å². The zero-order chi connectivity index (χ0) is 16.6. The molecule has 136 valence electrons. The summed E-state index contributed by atoms with van der Waals surface area (Å²) in [6.45, 7) is 5.65. The van der Waals surface area contributed by atoms with Crippen LogP contribution < -0.4 is 15.4 Å². The summed E-state index contributed by atoms with van der Waals surface area (Å²) in [6, 6.07) is 9.80. The molecular formula is C17H25IN6O. The fraction of sp³-hybridized carbons (Fsp3) is 0.471. The SMILES string of the molecule is CCNC(=NCc1nnc2n1CCC2)NCCOc1ccccc1.I. The lowest BCUT2D eigenvalue weighted by Gasteiger charge is -2.12. The van der Waals surface area contributed by atoms with E-state index in [1.807, 2.05) is 37.3 Å². The molecule has 1 aromatic heterocycles. The second kappa shape index (κ2) is 10.2. The van der Waals surface area contributed by atoms with E-state index in [4.69, 9.17) is 4.74 Å². The number of ether oxygens (including phenoxy) is 1. The first-order valence-corrected chi connectivity index (χ1v) is 8.48. The van der Waals surface area contributed by atoms with Gasteiger partial charge in [-0.2, -0.15) is 0 Å². The first-order valence-electron chi connectivity index (χ1n) is 8.48. The van der Waals surface area contributed by atoms with Crippen molar-refractivity contribution in [2.45, 2.75) is 32.9 Å². The molecule has 25 heavy (non-hydrogen) atoms. The van der Waals surface area contributed by atoms with Crippen LogP contribution >= 0.6 is 24.0 Å². The number of para-hydroxylation sites is 1. The maximum Gasteiger partial charge on any atom is 0.191 e. The lowest BCUT2D eigenvalue weighted by Crippen LogP contribution is -2.39. The van der Waals surface area contributed by atoms with Crippen molar-refractivity contribution in [2.75, 3.05) is 19.7 Å². The molecule has 0 saturated carbocycles. The van der Waals surface area contributed by atoms with Crippen molar-refractivity contribution in [2.24, 2.45) is 4.99 Å². The standard InChI is InChI=1S/C17H24N6O.HI/c1-2-18-17(19-10-12-24-14-7-4-3-5-8-14)20-13-16-22-21-15-9-6-11-23(15)16;/h3-5,7-8H,2,6,9-13H2,1H3,(H2,18,19,20);1H. The van der Waals surface area contributed by atoms with Crippen LogP contribution in [0.4, 0.5) is 0 Å². The molecule has 0 radical (unpaired) electrons. The number of aliphatic imine (C=N–C) groups is 1. The highest BCUT2D eigenvalue weighted by Crippen LogP contribution is 2.14. The number of hydrogen-bond donors (Lipinski definition) is 2. The van der Waals surface area contributed by atoms with E-state index in [2.05, 4.69) is 30.4 Å². The fourth-order valence-corrected chi connectivity index (χ4v) is 2.67. The molecule has 0 fully saturated rings. The fourth-order valence-electron chi connectivity index (χ4n) is 2.67. The summed E-state index contributed by atoms with van der Waals surface area (Å²) in [5.41, 5.74) is 0. The van der Waals surface area contributed by atoms with Crippen molar-refractivity contribution in [3.8, 4) is 5.75 Å². The Labute approximate surface area is 165 Å². The minimum absolute atomic E-state index is 0. The molecule has 0 atom stereocenters. The van der Waals surface area contributed by atoms with Crippen LogP contribution in [0.25, 0.3) is 0 Å². The summed E-state index contributed by atoms with van der Waals surface area (Å²) in [5, 5.41) is 15.0. The molecule has 1 aliphatic rings. The van der Waals surface area contributed by atoms with E-state index in [0.29, 0.717) is 19.7 Å². The van der Waals surface area contributed by atoms with Gasteiger partial charge >= 0.3 is 0 Å². The molecular weight excluding hydrogens is 431 g/mol. The molecule has 0 bridgehead atoms. The summed E-state index contributed by atoms with van der Waals surface area (Å²) in [4.78, 5) is 4.59. The molecule has 8 heteroatoms. The van der Waals surface area contributed by atoms with Crippen LogP contribution in [0, 0.1) is 0 Å². The van der Waals surface area contributed by atoms with Crippen LogP contribution in [0.1, 0.15) is 25.0 Å². The number of fused-ring (bicyclic) bond motifs is 1. The number of rotatable bonds is 7. The maximum absolute atomic E-state index is 5.67. The topological polar surface area (TPSA) is 76.4 Å². The van der Waals surface area contributed by atoms with E-state index >= 15 is 0 Å². The number of nitrogens with one attached hydrogen (secondary N) is 2. The van der Waals surface area contributed by atoms with Gasteiger partial charge in [0, 0.05) is 19.5 Å². The van der Waals surface area contributed by atoms with Gasteiger partial charge in [0.05, 0.1) is 6.54 Å². The lowest BCUT2D eigenvalue weighted by molar-refractivity contribution is 0.322. The summed E-state index contributed by atoms with van der Waals surface area (Å²) in [7, 11) is 0. The minimum atomic E-state index is 0. The predicted octanol–water partition coefficient (Wildman–Crippen LogP) is 1.98. The van der Waals surface area contributed by atoms with Gasteiger partial charge in [-0.25, -0.2) is 4.99 Å². The van der Waals surface area contributed by atoms with Crippen molar-refractivity contribution >= 4 is 29.9 Å². The van der Waals surface area contributed by atoms with Gasteiger partial charge in [0.25, 0.3) is 0 Å². The predicted molar refractivity (Wildman–Crippen MR) is 109 cm³/mol. The molecule has 0 spiro atoms. The Morgan fingerprint density at radius 1 is 1.24 bits per heavy atom. The first-order chi connectivity index (χ1) is 11.9. The van der Waals surface area contributed by atoms with Gasteiger partial charge < -0.3 is 19.9 Å². The van der Waals surface area contributed by atoms with Crippen LogP contribution in [-0.2, 0) is 19.5 Å². The number of guanidine groups is 1. The van der Waals surface area contributed by atoms with E-state index in [9.17, 15) is 0 Å². The largest absolute Gasteiger partial charge is 0.492 e. The van der Waals surface area contributed by atoms with Gasteiger partial charge in [-0.3, -0.25) is 0 Å². The first kappa shape index (κ1) is 19.5. The van der Waals surface area contributed by atoms with Crippen molar-refractivity contribution in [3.05, 3.63) is 42.0 Å². The van der Waals surface area contributed by atoms with E-state index < -0.39 is 0 Å². The van der Waals surface area contributed by atoms with Gasteiger partial charge in [0.15, 0.2) is 11.8 Å². The second-order valence-corrected chi connectivity index (χ2v) is 5.57. The second-order valence-electron chi connectivity index (χ2n) is 5.57. The third-order valence-corrected chi connectivity index (χ3v) is 3.82. The Morgan fingerprint density at radius 3 is 2.88 bits per heavy atom. The molecule has 0 aliphatic carbocycles. The molecule has 0 amide bonds. The maximum atomic E-state index is 5.67. The molecule has 0 saturated heterocycles. The normalized spacial score (nSPS) is 13.1. The molecule has 0 unspecified atom stereocenters. The highest BCUT2D eigenvalue weighted by molar-refractivity contribution is 14.0. The molecule has 2 heterocycles. The van der Waals surface area contributed by atoms with Gasteiger partial charge in [0.1, 0.15) is 24.7 Å². The zero-order valence-electron chi connectivity index (χ0n) is 14.4. The minimum Gasteiger partial charge on any atom is -0.492 e. The van der Waals surface area contributed by atoms with Crippen LogP contribution in [0.2, 0.25) is 0 Å². The number of benzene rings is 1. The highest BCUT2D eigenvalue weighted by atomic mass is 127. The number of aryl methyl sites for hydroxylation is 1. The van der Waals surface area contributed by atoms with Crippen molar-refractivity contribution in [1.29, 1.82) is 0 Å². The zero-order valence-corrected chi connectivity index (χ0v) is 16.8. The Bertz CT molecular complexity index is 673. The Balaban J connectivity index is 0.00000225. The number of aromatic nitrogens is 3. The van der Waals surface area contributed by atoms with Gasteiger partial charge in [-0.05, 0) is 25.5 Å². The van der Waals surface area contributed by atoms with E-state index in [0.717, 1.165) is 49.3 Å². The summed E-state index contributed by atoms with van der Waals surface area (Å²) in [5.74, 6) is 3.65. The van der Waals surface area contributed by atoms with Gasteiger partial charge in [-0.1, -0.05) is 18.2 Å². The van der Waals surface area contributed by atoms with Crippen LogP contribution in [0.5, 0.6) is 5.75 Å². The van der Waals surface area contributed by atoms with Gasteiger partial charge in [-0.15, -0.1) is 34.2 Å². The van der Waals surface area contributed by atoms with Gasteiger partial charge in [0.2, 0.25) is 0 Å². The molecule has 1 aromatic carbocycles. The van der Waals surface area contributed by atoms with Crippen LogP contribution in [-0.4, -0.2) is 40.4 Å². The molecule has 7 nitrogen and oxygen atoms in total. The summed E-state index contributed by atoms with van der Waals surface area (Å²) in [6.07, 6.45) is 2.17. The van der Waals surface area contributed by atoms with E-state index in [-0.39, 0.29) is 24.0 Å². The monoisotopic (exact) mass is 456 g/mol. The smallest absolute Gasteiger partial charge is 0.191 e. The number of nitrogens with zero attached hydrogens (tertiary/aromatic N) is 4. The molecule has 2 aromatic rings. The Morgan fingerprint density at radius 2 is 2.08 bits per heavy atom. The van der Waals surface area contributed by atoms with Crippen molar-refractivity contribution < 1.29 is 4.74 Å². The average molecular weight is 456 g/mol. The third kappa shape index (κ3) is 5.58. The summed E-state index contributed by atoms with van der Waals surface area (Å²) < 4.78 is 7.85. The Kier molecular flexibility index (Phi) is 7.96. The quantitative estimate of drug-likeness (QED) is 0.289. The van der Waals surface area contributed by atoms with Crippen LogP contribution in [0.15, 0.2) is 35.3 Å². The third-order valence-electron chi connectivity index (χ3n) is 3.82. The molecule has 1 aliphatic heterocycles. The molecule has 3 rings (SSSR count). The molecule has 2 N–H and O–H groups in total. The van der Waals surface area contributed by atoms with Crippen LogP contribution in [0.3, 0.4) is 0 Å². The van der Waals surface area contributed by atoms with Crippen molar-refractivity contribution in [3.63, 3.8) is 0 Å². The van der Waals surface area contributed by atoms with E-state index in [1.165, 1.54) is 0 Å². The lowest BCUT2D eigenvalue weighted by atomic mass is 10.3. The number of halogens is 1. The average Bonchev–Trinajstić information content (AvgIpc) is 3.21. The highest BCUT2D eigenvalue weighted by Gasteiger charge is 2.16. The summed E-state index contributed by atoms with van der Waals surface area (Å²) >= 11 is 0. The Hall–Kier alpha value is -1.84. The number of hydrogen-bond acceptors (Lipinski definition) is 4. The van der Waals surface area contributed by atoms with E-state index in [1.54, 1.807) is 0 Å².